The minimum absolute atomic E-state index is 0.0254. The van der Waals surface area contributed by atoms with Crippen molar-refractivity contribution in [2.75, 3.05) is 32.7 Å². The molecule has 24 heavy (non-hydrogen) atoms. The Bertz CT molecular complexity index is 568. The second kappa shape index (κ2) is 6.41. The number of rotatable bonds is 3. The SMILES string of the molecule is O=C(O)CN1CC2(CCC1=O)CCN(C(=O)C1CNC(=O)C1)CC2. The number of nitrogens with zero attached hydrogens (tertiary/aromatic N) is 2. The van der Waals surface area contributed by atoms with Gasteiger partial charge >= 0.3 is 5.97 Å². The summed E-state index contributed by atoms with van der Waals surface area (Å²) in [5.74, 6) is -1.40. The Morgan fingerprint density at radius 3 is 2.50 bits per heavy atom. The number of carboxylic acid groups (broad SMARTS) is 1. The van der Waals surface area contributed by atoms with Gasteiger partial charge in [0.05, 0.1) is 5.92 Å². The number of likely N-dealkylation sites (tertiary alicyclic amines) is 2. The Hall–Kier alpha value is -2.12. The summed E-state index contributed by atoms with van der Waals surface area (Å²) in [7, 11) is 0. The molecule has 0 saturated carbocycles. The maximum atomic E-state index is 12.5. The van der Waals surface area contributed by atoms with Gasteiger partial charge in [-0.25, -0.2) is 0 Å². The molecular formula is C16H23N3O5. The second-order valence-electron chi connectivity index (χ2n) is 7.17. The molecule has 3 aliphatic heterocycles. The third-order valence-electron chi connectivity index (χ3n) is 5.54. The lowest BCUT2D eigenvalue weighted by Crippen LogP contribution is -2.54. The summed E-state index contributed by atoms with van der Waals surface area (Å²) in [5.41, 5.74) is -0.0795. The number of hydrogen-bond acceptors (Lipinski definition) is 4. The fourth-order valence-electron chi connectivity index (χ4n) is 4.06. The Labute approximate surface area is 140 Å². The quantitative estimate of drug-likeness (QED) is 0.718. The van der Waals surface area contributed by atoms with Gasteiger partial charge in [-0.2, -0.15) is 0 Å². The first-order valence-electron chi connectivity index (χ1n) is 8.44. The molecule has 3 amide bonds. The van der Waals surface area contributed by atoms with Gasteiger partial charge in [0.25, 0.3) is 0 Å². The zero-order valence-electron chi connectivity index (χ0n) is 13.6. The summed E-state index contributed by atoms with van der Waals surface area (Å²) in [4.78, 5) is 49.8. The average molecular weight is 337 g/mol. The van der Waals surface area contributed by atoms with Crippen LogP contribution in [-0.2, 0) is 19.2 Å². The molecule has 3 rings (SSSR count). The molecule has 2 N–H and O–H groups in total. The molecule has 1 spiro atoms. The van der Waals surface area contributed by atoms with Crippen molar-refractivity contribution in [3.8, 4) is 0 Å². The minimum Gasteiger partial charge on any atom is -0.480 e. The van der Waals surface area contributed by atoms with Crippen LogP contribution in [0.15, 0.2) is 0 Å². The van der Waals surface area contributed by atoms with Crippen LogP contribution in [0.4, 0.5) is 0 Å². The van der Waals surface area contributed by atoms with Crippen LogP contribution in [0, 0.1) is 11.3 Å². The van der Waals surface area contributed by atoms with E-state index >= 15 is 0 Å². The van der Waals surface area contributed by atoms with Gasteiger partial charge < -0.3 is 20.2 Å². The highest BCUT2D eigenvalue weighted by Gasteiger charge is 2.43. The summed E-state index contributed by atoms with van der Waals surface area (Å²) in [6.07, 6.45) is 2.95. The summed E-state index contributed by atoms with van der Waals surface area (Å²) in [5, 5.41) is 11.6. The van der Waals surface area contributed by atoms with Crippen molar-refractivity contribution in [3.63, 3.8) is 0 Å². The molecule has 0 aliphatic carbocycles. The zero-order valence-corrected chi connectivity index (χ0v) is 13.6. The van der Waals surface area contributed by atoms with Crippen molar-refractivity contribution >= 4 is 23.7 Å². The van der Waals surface area contributed by atoms with E-state index in [0.717, 1.165) is 19.3 Å². The molecule has 0 aromatic carbocycles. The van der Waals surface area contributed by atoms with Crippen molar-refractivity contribution in [1.29, 1.82) is 0 Å². The predicted octanol–water partition coefficient (Wildman–Crippen LogP) is -0.562. The van der Waals surface area contributed by atoms with Crippen molar-refractivity contribution < 1.29 is 24.3 Å². The van der Waals surface area contributed by atoms with Gasteiger partial charge in [0.15, 0.2) is 0 Å². The predicted molar refractivity (Wildman–Crippen MR) is 82.8 cm³/mol. The summed E-state index contributed by atoms with van der Waals surface area (Å²) >= 11 is 0. The number of nitrogens with one attached hydrogen (secondary N) is 1. The Morgan fingerprint density at radius 2 is 1.92 bits per heavy atom. The van der Waals surface area contributed by atoms with Gasteiger partial charge in [-0.3, -0.25) is 19.2 Å². The van der Waals surface area contributed by atoms with Gasteiger partial charge in [-0.05, 0) is 24.7 Å². The first-order valence-corrected chi connectivity index (χ1v) is 8.44. The van der Waals surface area contributed by atoms with E-state index < -0.39 is 5.97 Å². The fraction of sp³-hybridized carbons (Fsp3) is 0.750. The van der Waals surface area contributed by atoms with Gasteiger partial charge in [0, 0.05) is 39.0 Å². The molecule has 8 heteroatoms. The number of carboxylic acids is 1. The molecule has 0 bridgehead atoms. The Balaban J connectivity index is 1.57. The van der Waals surface area contributed by atoms with Crippen molar-refractivity contribution in [1.82, 2.24) is 15.1 Å². The monoisotopic (exact) mass is 337 g/mol. The summed E-state index contributed by atoms with van der Waals surface area (Å²) in [6.45, 7) is 1.85. The normalized spacial score (nSPS) is 26.6. The highest BCUT2D eigenvalue weighted by atomic mass is 16.4. The molecule has 1 unspecified atom stereocenters. The summed E-state index contributed by atoms with van der Waals surface area (Å²) in [6, 6.07) is 0. The highest BCUT2D eigenvalue weighted by molar-refractivity contribution is 5.89. The van der Waals surface area contributed by atoms with Crippen molar-refractivity contribution in [2.24, 2.45) is 11.3 Å². The minimum atomic E-state index is -0.994. The lowest BCUT2D eigenvalue weighted by molar-refractivity contribution is -0.150. The standard InChI is InChI=1S/C16H23N3O5/c20-12-7-11(8-17-12)15(24)18-5-3-16(4-6-18)2-1-13(21)19(10-16)9-14(22)23/h11H,1-10H2,(H,17,20)(H,22,23). The molecule has 132 valence electrons. The van der Waals surface area contributed by atoms with E-state index in [2.05, 4.69) is 5.32 Å². The van der Waals surface area contributed by atoms with Gasteiger partial charge in [0.2, 0.25) is 17.7 Å². The van der Waals surface area contributed by atoms with Gasteiger partial charge in [-0.15, -0.1) is 0 Å². The van der Waals surface area contributed by atoms with Crippen LogP contribution in [0.2, 0.25) is 0 Å². The molecule has 0 radical (unpaired) electrons. The average Bonchev–Trinajstić information content (AvgIpc) is 2.97. The molecule has 3 fully saturated rings. The van der Waals surface area contributed by atoms with Crippen LogP contribution in [0.3, 0.4) is 0 Å². The molecule has 0 aromatic heterocycles. The molecule has 0 aromatic rings. The first kappa shape index (κ1) is 16.7. The molecular weight excluding hydrogens is 314 g/mol. The van der Waals surface area contributed by atoms with Crippen LogP contribution >= 0.6 is 0 Å². The molecule has 3 saturated heterocycles. The van der Waals surface area contributed by atoms with Crippen LogP contribution < -0.4 is 5.32 Å². The Kier molecular flexibility index (Phi) is 4.47. The van der Waals surface area contributed by atoms with E-state index in [4.69, 9.17) is 5.11 Å². The number of aliphatic carboxylic acids is 1. The zero-order chi connectivity index (χ0) is 17.3. The smallest absolute Gasteiger partial charge is 0.323 e. The van der Waals surface area contributed by atoms with E-state index in [9.17, 15) is 19.2 Å². The van der Waals surface area contributed by atoms with Crippen LogP contribution in [0.1, 0.15) is 32.1 Å². The number of carbonyl (C=O) groups excluding carboxylic acids is 3. The van der Waals surface area contributed by atoms with E-state index in [1.807, 2.05) is 4.90 Å². The lowest BCUT2D eigenvalue weighted by atomic mass is 9.72. The van der Waals surface area contributed by atoms with Gasteiger partial charge in [-0.1, -0.05) is 0 Å². The second-order valence-corrected chi connectivity index (χ2v) is 7.17. The van der Waals surface area contributed by atoms with Crippen LogP contribution in [-0.4, -0.2) is 71.3 Å². The molecule has 3 aliphatic rings. The third kappa shape index (κ3) is 3.37. The largest absolute Gasteiger partial charge is 0.480 e. The van der Waals surface area contributed by atoms with Crippen molar-refractivity contribution in [2.45, 2.75) is 32.1 Å². The molecule has 1 atom stereocenters. The number of piperidine rings is 2. The third-order valence-corrected chi connectivity index (χ3v) is 5.54. The maximum absolute atomic E-state index is 12.5. The topological polar surface area (TPSA) is 107 Å². The fourth-order valence-corrected chi connectivity index (χ4v) is 4.06. The van der Waals surface area contributed by atoms with Gasteiger partial charge in [0.1, 0.15) is 6.54 Å². The van der Waals surface area contributed by atoms with E-state index in [-0.39, 0.29) is 42.0 Å². The van der Waals surface area contributed by atoms with E-state index in [1.54, 1.807) is 0 Å². The van der Waals surface area contributed by atoms with Crippen LogP contribution in [0.25, 0.3) is 0 Å². The van der Waals surface area contributed by atoms with E-state index in [0.29, 0.717) is 32.6 Å². The molecule has 3 heterocycles. The lowest BCUT2D eigenvalue weighted by Gasteiger charge is -2.47. The first-order chi connectivity index (χ1) is 11.4. The van der Waals surface area contributed by atoms with Crippen LogP contribution in [0.5, 0.6) is 0 Å². The van der Waals surface area contributed by atoms with E-state index in [1.165, 1.54) is 4.90 Å². The highest BCUT2D eigenvalue weighted by Crippen LogP contribution is 2.40. The number of amides is 3. The Morgan fingerprint density at radius 1 is 1.21 bits per heavy atom. The molecule has 8 nitrogen and oxygen atoms in total. The summed E-state index contributed by atoms with van der Waals surface area (Å²) < 4.78 is 0. The maximum Gasteiger partial charge on any atom is 0.323 e. The number of carbonyl (C=O) groups is 4. The number of hydrogen-bond donors (Lipinski definition) is 2. The van der Waals surface area contributed by atoms with Crippen molar-refractivity contribution in [3.05, 3.63) is 0 Å².